The van der Waals surface area contributed by atoms with Crippen LogP contribution < -0.4 is 5.32 Å². The molecule has 12 heteroatoms. The number of hydrogen-bond donors (Lipinski definition) is 2. The minimum Gasteiger partial charge on any atom is -0.355 e. The molecule has 0 radical (unpaired) electrons. The van der Waals surface area contributed by atoms with Gasteiger partial charge in [0, 0.05) is 36.3 Å². The third kappa shape index (κ3) is 4.82. The van der Waals surface area contributed by atoms with Crippen molar-refractivity contribution in [3.05, 3.63) is 54.9 Å². The molecule has 0 bridgehead atoms. The van der Waals surface area contributed by atoms with E-state index in [0.717, 1.165) is 17.3 Å². The first-order valence-electron chi connectivity index (χ1n) is 9.86. The van der Waals surface area contributed by atoms with Crippen LogP contribution in [0.3, 0.4) is 0 Å². The number of carbonyl (C=O) groups is 1. The van der Waals surface area contributed by atoms with E-state index in [4.69, 9.17) is 5.26 Å². The number of carbonyl (C=O) groups excluding carboxylic acids is 1. The van der Waals surface area contributed by atoms with Crippen LogP contribution in [0.2, 0.25) is 0 Å². The van der Waals surface area contributed by atoms with Gasteiger partial charge in [-0.15, -0.1) is 0 Å². The van der Waals surface area contributed by atoms with E-state index in [-0.39, 0.29) is 18.5 Å². The molecule has 0 aliphatic rings. The summed E-state index contributed by atoms with van der Waals surface area (Å²) in [6, 6.07) is 6.24. The first kappa shape index (κ1) is 21.9. The van der Waals surface area contributed by atoms with Crippen LogP contribution >= 0.6 is 0 Å². The summed E-state index contributed by atoms with van der Waals surface area (Å²) in [7, 11) is 0. The summed E-state index contributed by atoms with van der Waals surface area (Å²) in [5.41, 5.74) is 2.84. The van der Waals surface area contributed by atoms with E-state index in [2.05, 4.69) is 30.4 Å². The number of pyridine rings is 2. The van der Waals surface area contributed by atoms with Crippen molar-refractivity contribution in [1.82, 2.24) is 35.0 Å². The van der Waals surface area contributed by atoms with E-state index in [0.29, 0.717) is 17.0 Å². The zero-order valence-electron chi connectivity index (χ0n) is 17.0. The highest BCUT2D eigenvalue weighted by Gasteiger charge is 2.40. The first-order valence-corrected chi connectivity index (χ1v) is 9.86. The molecule has 9 nitrogen and oxygen atoms in total. The number of alkyl halides is 3. The van der Waals surface area contributed by atoms with E-state index in [1.165, 1.54) is 23.1 Å². The van der Waals surface area contributed by atoms with Crippen LogP contribution in [0.15, 0.2) is 49.3 Å². The van der Waals surface area contributed by atoms with Crippen LogP contribution in [-0.2, 0) is 4.79 Å². The number of imidazole rings is 1. The molecule has 0 saturated heterocycles. The number of nitrogens with zero attached hydrogens (tertiary/aromatic N) is 6. The Balaban J connectivity index is 1.52. The molecule has 0 fully saturated rings. The van der Waals surface area contributed by atoms with Crippen molar-refractivity contribution in [1.29, 1.82) is 5.26 Å². The number of hydrogen-bond acceptors (Lipinski definition) is 6. The van der Waals surface area contributed by atoms with Crippen LogP contribution in [0.5, 0.6) is 0 Å². The standard InChI is InChI=1S/C21H17F3N8O/c22-21(23,24)16(5-8-26-18(33)3-6-25)13-1-2-17(28-9-13)32-11-14(10-31-32)15-4-7-27-20-19(15)29-12-30-20/h1-2,4,7,9-12,16H,3,5,8H2,(H,26,33)(H,27,29,30). The summed E-state index contributed by atoms with van der Waals surface area (Å²) in [6.07, 6.45) is 2.37. The molecule has 33 heavy (non-hydrogen) atoms. The fraction of sp³-hybridized carbons (Fsp3) is 0.238. The lowest BCUT2D eigenvalue weighted by Crippen LogP contribution is -2.29. The zero-order valence-corrected chi connectivity index (χ0v) is 17.0. The SMILES string of the molecule is N#CCC(=O)NCCC(c1ccc(-n2cc(-c3ccnc4[nH]cnc34)cn2)nc1)C(F)(F)F. The molecule has 1 atom stereocenters. The first-order chi connectivity index (χ1) is 15.9. The number of H-pyrrole nitrogens is 1. The summed E-state index contributed by atoms with van der Waals surface area (Å²) in [5.74, 6) is -2.07. The molecule has 1 amide bonds. The number of nitriles is 1. The molecule has 1 unspecified atom stereocenters. The highest BCUT2D eigenvalue weighted by Crippen LogP contribution is 2.37. The summed E-state index contributed by atoms with van der Waals surface area (Å²) in [4.78, 5) is 26.9. The molecule has 4 aromatic rings. The zero-order chi connectivity index (χ0) is 23.4. The van der Waals surface area contributed by atoms with Gasteiger partial charge < -0.3 is 10.3 Å². The molecular formula is C21H17F3N8O. The van der Waals surface area contributed by atoms with Crippen LogP contribution in [-0.4, -0.2) is 48.3 Å². The number of amides is 1. The molecule has 4 aromatic heterocycles. The number of nitrogens with one attached hydrogen (secondary N) is 2. The third-order valence-electron chi connectivity index (χ3n) is 5.01. The van der Waals surface area contributed by atoms with Gasteiger partial charge in [-0.1, -0.05) is 6.07 Å². The van der Waals surface area contributed by atoms with E-state index < -0.39 is 24.4 Å². The Morgan fingerprint density at radius 1 is 1.21 bits per heavy atom. The molecule has 4 heterocycles. The van der Waals surface area contributed by atoms with Crippen molar-refractivity contribution in [2.24, 2.45) is 0 Å². The van der Waals surface area contributed by atoms with Gasteiger partial charge in [0.2, 0.25) is 5.91 Å². The Labute approximate surface area is 185 Å². The maximum absolute atomic E-state index is 13.6. The quantitative estimate of drug-likeness (QED) is 0.442. The lowest BCUT2D eigenvalue weighted by molar-refractivity contribution is -0.152. The Hall–Kier alpha value is -4.27. The van der Waals surface area contributed by atoms with Gasteiger partial charge in [0.25, 0.3) is 0 Å². The van der Waals surface area contributed by atoms with Gasteiger partial charge in [0.05, 0.1) is 24.5 Å². The molecule has 0 aliphatic heterocycles. The van der Waals surface area contributed by atoms with Crippen molar-refractivity contribution in [3.8, 4) is 23.0 Å². The lowest BCUT2D eigenvalue weighted by Gasteiger charge is -2.20. The van der Waals surface area contributed by atoms with Crippen molar-refractivity contribution >= 4 is 17.1 Å². The molecule has 0 aromatic carbocycles. The molecule has 0 saturated carbocycles. The van der Waals surface area contributed by atoms with Crippen molar-refractivity contribution in [2.75, 3.05) is 6.54 Å². The van der Waals surface area contributed by atoms with E-state index >= 15 is 0 Å². The van der Waals surface area contributed by atoms with E-state index in [1.807, 2.05) is 0 Å². The molecule has 0 spiro atoms. The van der Waals surface area contributed by atoms with Gasteiger partial charge in [-0.2, -0.15) is 23.5 Å². The minimum absolute atomic E-state index is 0.0273. The van der Waals surface area contributed by atoms with Gasteiger partial charge in [-0.05, 0) is 24.1 Å². The number of fused-ring (bicyclic) bond motifs is 1. The topological polar surface area (TPSA) is 125 Å². The average Bonchev–Trinajstić information content (AvgIpc) is 3.46. The van der Waals surface area contributed by atoms with Gasteiger partial charge >= 0.3 is 6.18 Å². The smallest absolute Gasteiger partial charge is 0.355 e. The van der Waals surface area contributed by atoms with E-state index in [9.17, 15) is 18.0 Å². The van der Waals surface area contributed by atoms with Gasteiger partial charge in [-0.25, -0.2) is 19.6 Å². The van der Waals surface area contributed by atoms with Crippen LogP contribution in [0, 0.1) is 11.3 Å². The number of rotatable bonds is 7. The molecule has 2 N–H and O–H groups in total. The Kier molecular flexibility index (Phi) is 6.03. The largest absolute Gasteiger partial charge is 0.395 e. The molecular weight excluding hydrogens is 437 g/mol. The predicted molar refractivity (Wildman–Crippen MR) is 111 cm³/mol. The molecule has 4 rings (SSSR count). The second-order valence-electron chi connectivity index (χ2n) is 7.15. The van der Waals surface area contributed by atoms with Crippen LogP contribution in [0.4, 0.5) is 13.2 Å². The average molecular weight is 454 g/mol. The fourth-order valence-electron chi connectivity index (χ4n) is 3.42. The van der Waals surface area contributed by atoms with Crippen molar-refractivity contribution < 1.29 is 18.0 Å². The summed E-state index contributed by atoms with van der Waals surface area (Å²) < 4.78 is 42.2. The normalized spacial score (nSPS) is 12.4. The second-order valence-corrected chi connectivity index (χ2v) is 7.15. The number of halogens is 3. The van der Waals surface area contributed by atoms with Crippen molar-refractivity contribution in [2.45, 2.75) is 24.9 Å². The number of aromatic nitrogens is 6. The maximum Gasteiger partial charge on any atom is 0.395 e. The van der Waals surface area contributed by atoms with Gasteiger partial charge in [0.15, 0.2) is 11.5 Å². The summed E-state index contributed by atoms with van der Waals surface area (Å²) in [5, 5.41) is 15.0. The van der Waals surface area contributed by atoms with Gasteiger partial charge in [-0.3, -0.25) is 4.79 Å². The Bertz CT molecular complexity index is 1300. The highest BCUT2D eigenvalue weighted by atomic mass is 19.4. The summed E-state index contributed by atoms with van der Waals surface area (Å²) >= 11 is 0. The Morgan fingerprint density at radius 3 is 2.79 bits per heavy atom. The minimum atomic E-state index is -4.52. The maximum atomic E-state index is 13.6. The highest BCUT2D eigenvalue weighted by molar-refractivity contribution is 5.88. The predicted octanol–water partition coefficient (Wildman–Crippen LogP) is 3.27. The number of aromatic amines is 1. The second kappa shape index (κ2) is 9.07. The van der Waals surface area contributed by atoms with Crippen LogP contribution in [0.1, 0.15) is 24.3 Å². The molecule has 0 aliphatic carbocycles. The lowest BCUT2D eigenvalue weighted by atomic mass is 9.96. The van der Waals surface area contributed by atoms with Crippen LogP contribution in [0.25, 0.3) is 28.1 Å². The third-order valence-corrected chi connectivity index (χ3v) is 5.01. The van der Waals surface area contributed by atoms with Gasteiger partial charge in [0.1, 0.15) is 11.9 Å². The van der Waals surface area contributed by atoms with E-state index in [1.54, 1.807) is 30.7 Å². The monoisotopic (exact) mass is 454 g/mol. The Morgan fingerprint density at radius 2 is 2.06 bits per heavy atom. The fourth-order valence-corrected chi connectivity index (χ4v) is 3.42. The molecule has 168 valence electrons. The summed E-state index contributed by atoms with van der Waals surface area (Å²) in [6.45, 7) is -0.206. The van der Waals surface area contributed by atoms with Crippen molar-refractivity contribution in [3.63, 3.8) is 0 Å².